The van der Waals surface area contributed by atoms with Crippen LogP contribution in [0.15, 0.2) is 34.8 Å². The summed E-state index contributed by atoms with van der Waals surface area (Å²) in [7, 11) is -4.36. The fourth-order valence-electron chi connectivity index (χ4n) is 3.06. The van der Waals surface area contributed by atoms with Crippen molar-refractivity contribution in [1.82, 2.24) is 24.5 Å². The van der Waals surface area contributed by atoms with Crippen LogP contribution in [0.3, 0.4) is 0 Å². The van der Waals surface area contributed by atoms with Gasteiger partial charge in [0.2, 0.25) is 5.16 Å². The highest BCUT2D eigenvalue weighted by molar-refractivity contribution is 7.84. The van der Waals surface area contributed by atoms with Crippen molar-refractivity contribution < 1.29 is 13.4 Å². The second-order valence-corrected chi connectivity index (χ2v) is 25.1. The Balaban J connectivity index is 1.89. The second kappa shape index (κ2) is 12.7. The second-order valence-electron chi connectivity index (χ2n) is 12.4. The van der Waals surface area contributed by atoms with Gasteiger partial charge in [-0.1, -0.05) is 51.7 Å². The number of nitrogens with zero attached hydrogens (tertiary/aromatic N) is 6. The van der Waals surface area contributed by atoms with E-state index in [4.69, 9.17) is 14.2 Å². The van der Waals surface area contributed by atoms with Gasteiger partial charge in [-0.15, -0.1) is 0 Å². The first-order chi connectivity index (χ1) is 18.0. The molecule has 0 saturated carbocycles. The van der Waals surface area contributed by atoms with Crippen LogP contribution in [0.1, 0.15) is 32.2 Å². The average Bonchev–Trinajstić information content (AvgIpc) is 3.22. The van der Waals surface area contributed by atoms with Crippen LogP contribution in [0.2, 0.25) is 43.8 Å². The van der Waals surface area contributed by atoms with E-state index in [0.717, 1.165) is 22.3 Å². The molecule has 3 aromatic heterocycles. The van der Waals surface area contributed by atoms with Crippen LogP contribution in [0.25, 0.3) is 10.6 Å². The first-order valence-corrected chi connectivity index (χ1v) is 22.0. The maximum atomic E-state index is 12.1. The Morgan fingerprint density at radius 2 is 1.82 bits per heavy atom. The van der Waals surface area contributed by atoms with Crippen molar-refractivity contribution in [2.45, 2.75) is 90.0 Å². The molecule has 3 heterocycles. The van der Waals surface area contributed by atoms with Gasteiger partial charge < -0.3 is 9.16 Å². The molecule has 0 saturated heterocycles. The number of rotatable bonds is 11. The molecule has 0 aromatic carbocycles. The minimum atomic E-state index is -1.88. The monoisotopic (exact) mass is 606 g/mol. The average molecular weight is 607 g/mol. The molecule has 1 atom stereocenters. The van der Waals surface area contributed by atoms with Gasteiger partial charge in [0, 0.05) is 32.8 Å². The Kier molecular flexibility index (Phi) is 10.3. The molecule has 3 aromatic rings. The molecule has 13 heteroatoms. The topological polar surface area (TPSA) is 104 Å². The number of aryl methyl sites for hydroxylation is 1. The molecule has 214 valence electrons. The highest BCUT2D eigenvalue weighted by atomic mass is 32.2. The zero-order chi connectivity index (χ0) is 29.0. The molecular formula is C26H42N6O3S2Si2. The molecule has 0 bridgehead atoms. The van der Waals surface area contributed by atoms with E-state index in [1.165, 1.54) is 11.3 Å². The summed E-state index contributed by atoms with van der Waals surface area (Å²) in [5.74, 6) is 0.504. The van der Waals surface area contributed by atoms with E-state index >= 15 is 0 Å². The van der Waals surface area contributed by atoms with Gasteiger partial charge in [-0.25, -0.2) is 15.0 Å². The Hall–Kier alpha value is -1.91. The maximum Gasteiger partial charge on any atom is 0.218 e. The van der Waals surface area contributed by atoms with Crippen molar-refractivity contribution in [2.24, 2.45) is 4.99 Å². The van der Waals surface area contributed by atoms with Crippen LogP contribution in [-0.4, -0.2) is 58.0 Å². The number of hydrogen-bond donors (Lipinski definition) is 0. The lowest BCUT2D eigenvalue weighted by atomic mass is 10.2. The van der Waals surface area contributed by atoms with Gasteiger partial charge in [-0.2, -0.15) is 4.99 Å². The van der Waals surface area contributed by atoms with E-state index in [2.05, 4.69) is 73.4 Å². The Labute approximate surface area is 240 Å². The van der Waals surface area contributed by atoms with E-state index in [1.807, 2.05) is 23.8 Å². The number of hydrogen-bond acceptors (Lipinski definition) is 9. The molecule has 3 rings (SSSR count). The van der Waals surface area contributed by atoms with Crippen molar-refractivity contribution in [1.29, 1.82) is 0 Å². The minimum Gasteiger partial charge on any atom is -0.411 e. The highest BCUT2D eigenvalue weighted by Crippen LogP contribution is 2.37. The van der Waals surface area contributed by atoms with Gasteiger partial charge in [0.25, 0.3) is 0 Å². The summed E-state index contributed by atoms with van der Waals surface area (Å²) in [5.41, 5.74) is 2.25. The molecule has 0 N–H and O–H groups in total. The molecule has 0 radical (unpaired) electrons. The molecule has 0 fully saturated rings. The largest absolute Gasteiger partial charge is 0.411 e. The summed E-state index contributed by atoms with van der Waals surface area (Å²) >= 11 is 1.47. The normalized spacial score (nSPS) is 14.2. The number of aromatic nitrogens is 5. The summed E-state index contributed by atoms with van der Waals surface area (Å²) in [5, 5.41) is 0.447. The lowest BCUT2D eigenvalue weighted by Gasteiger charge is -2.35. The SMILES string of the molecule is Cc1cc(-c2cn(COCC[Si](C)(C)C)c(=Nc3cnc(CO[Si](C)(C)C(C)(C)C)cn3)s2)nc(S(C)=O)n1. The van der Waals surface area contributed by atoms with Gasteiger partial charge in [-0.05, 0) is 37.2 Å². The van der Waals surface area contributed by atoms with Gasteiger partial charge in [0.1, 0.15) is 6.73 Å². The van der Waals surface area contributed by atoms with Crippen LogP contribution < -0.4 is 4.80 Å². The maximum absolute atomic E-state index is 12.1. The molecule has 0 aliphatic carbocycles. The van der Waals surface area contributed by atoms with E-state index in [-0.39, 0.29) is 5.04 Å². The van der Waals surface area contributed by atoms with E-state index in [0.29, 0.717) is 41.4 Å². The fraction of sp³-hybridized carbons (Fsp3) is 0.577. The number of thiazole rings is 1. The Morgan fingerprint density at radius 1 is 1.10 bits per heavy atom. The Morgan fingerprint density at radius 3 is 2.41 bits per heavy atom. The summed E-state index contributed by atoms with van der Waals surface area (Å²) in [6, 6.07) is 2.97. The van der Waals surface area contributed by atoms with Gasteiger partial charge in [0.15, 0.2) is 18.9 Å². The predicted octanol–water partition coefficient (Wildman–Crippen LogP) is 5.91. The zero-order valence-electron chi connectivity index (χ0n) is 24.9. The predicted molar refractivity (Wildman–Crippen MR) is 164 cm³/mol. The summed E-state index contributed by atoms with van der Waals surface area (Å²) in [6.45, 7) is 21.5. The van der Waals surface area contributed by atoms with Gasteiger partial charge >= 0.3 is 0 Å². The minimum absolute atomic E-state index is 0.131. The van der Waals surface area contributed by atoms with Crippen LogP contribution >= 0.6 is 11.3 Å². The van der Waals surface area contributed by atoms with Gasteiger partial charge in [0.05, 0.1) is 46.1 Å². The zero-order valence-corrected chi connectivity index (χ0v) is 28.5. The Bertz CT molecular complexity index is 1360. The molecule has 9 nitrogen and oxygen atoms in total. The number of ether oxygens (including phenoxy) is 1. The smallest absolute Gasteiger partial charge is 0.218 e. The van der Waals surface area contributed by atoms with Crippen LogP contribution in [0.5, 0.6) is 0 Å². The van der Waals surface area contributed by atoms with E-state index < -0.39 is 27.2 Å². The van der Waals surface area contributed by atoms with Crippen molar-refractivity contribution in [2.75, 3.05) is 12.9 Å². The first kappa shape index (κ1) is 31.6. The van der Waals surface area contributed by atoms with Crippen LogP contribution in [0, 0.1) is 6.92 Å². The van der Waals surface area contributed by atoms with Gasteiger partial charge in [-0.3, -0.25) is 13.8 Å². The van der Waals surface area contributed by atoms with Crippen LogP contribution in [-0.2, 0) is 33.3 Å². The summed E-state index contributed by atoms with van der Waals surface area (Å²) in [4.78, 5) is 24.3. The highest BCUT2D eigenvalue weighted by Gasteiger charge is 2.37. The van der Waals surface area contributed by atoms with E-state index in [1.54, 1.807) is 18.6 Å². The molecule has 0 spiro atoms. The van der Waals surface area contributed by atoms with Crippen molar-refractivity contribution >= 4 is 44.3 Å². The summed E-state index contributed by atoms with van der Waals surface area (Å²) in [6.07, 6.45) is 6.95. The molecular weight excluding hydrogens is 565 g/mol. The third kappa shape index (κ3) is 9.32. The molecule has 39 heavy (non-hydrogen) atoms. The quantitative estimate of drug-likeness (QED) is 0.152. The van der Waals surface area contributed by atoms with E-state index in [9.17, 15) is 4.21 Å². The van der Waals surface area contributed by atoms with Crippen LogP contribution in [0.4, 0.5) is 5.82 Å². The standard InChI is InChI=1S/C26H42N6O3S2Si2/c1-19-13-21(30-24(29-19)37(5)33)22-16-32(18-34-11-12-38(6,7)8)25(36-22)31-23-15-27-20(14-28-23)17-35-39(9,10)26(2,3)4/h13-16H,11-12,17-18H2,1-10H3. The van der Waals surface area contributed by atoms with Crippen molar-refractivity contribution in [3.05, 3.63) is 40.8 Å². The lowest BCUT2D eigenvalue weighted by molar-refractivity contribution is 0.0855. The third-order valence-corrected chi connectivity index (χ3v) is 14.5. The first-order valence-electron chi connectivity index (χ1n) is 13.0. The molecule has 0 aliphatic rings. The third-order valence-electron chi connectivity index (χ3n) is 6.58. The molecule has 1 unspecified atom stereocenters. The summed E-state index contributed by atoms with van der Waals surface area (Å²) < 4.78 is 26.3. The van der Waals surface area contributed by atoms with Crippen molar-refractivity contribution in [3.8, 4) is 10.6 Å². The molecule has 0 aliphatic heterocycles. The van der Waals surface area contributed by atoms with Crippen molar-refractivity contribution in [3.63, 3.8) is 0 Å². The lowest BCUT2D eigenvalue weighted by Crippen LogP contribution is -2.40. The molecule has 0 amide bonds. The fourth-order valence-corrected chi connectivity index (χ4v) is 6.21.